The number of nitrogens with zero attached hydrogens (tertiary/aromatic N) is 2. The van der Waals surface area contributed by atoms with Gasteiger partial charge in [-0.1, -0.05) is 13.8 Å². The van der Waals surface area contributed by atoms with Crippen molar-refractivity contribution in [3.05, 3.63) is 23.8 Å². The Morgan fingerprint density at radius 1 is 1.35 bits per heavy atom. The fourth-order valence-electron chi connectivity index (χ4n) is 2.00. The van der Waals surface area contributed by atoms with E-state index in [4.69, 9.17) is 0 Å². The lowest BCUT2D eigenvalue weighted by Crippen LogP contribution is -2.29. The molecule has 1 aliphatic rings. The first-order valence-corrected chi connectivity index (χ1v) is 5.81. The van der Waals surface area contributed by atoms with Gasteiger partial charge in [0, 0.05) is 30.3 Å². The van der Waals surface area contributed by atoms with Crippen LogP contribution in [0.1, 0.15) is 50.0 Å². The van der Waals surface area contributed by atoms with Crippen molar-refractivity contribution in [2.24, 2.45) is 0 Å². The molecule has 1 saturated heterocycles. The minimum Gasteiger partial charge on any atom is -0.316 e. The minimum atomic E-state index is 0. The summed E-state index contributed by atoms with van der Waals surface area (Å²) in [7, 11) is 0. The van der Waals surface area contributed by atoms with Crippen LogP contribution in [0, 0.1) is 0 Å². The van der Waals surface area contributed by atoms with Crippen LogP contribution in [0.15, 0.2) is 12.3 Å². The van der Waals surface area contributed by atoms with Gasteiger partial charge in [0.25, 0.3) is 0 Å². The fourth-order valence-corrected chi connectivity index (χ4v) is 2.00. The summed E-state index contributed by atoms with van der Waals surface area (Å²) in [5.41, 5.74) is 1.21. The van der Waals surface area contributed by atoms with E-state index in [0.717, 1.165) is 18.9 Å². The van der Waals surface area contributed by atoms with Crippen molar-refractivity contribution >= 4 is 24.8 Å². The Labute approximate surface area is 116 Å². The lowest BCUT2D eigenvalue weighted by molar-refractivity contribution is 0.452. The molecular weight excluding hydrogens is 257 g/mol. The van der Waals surface area contributed by atoms with Gasteiger partial charge in [-0.25, -0.2) is 9.97 Å². The summed E-state index contributed by atoms with van der Waals surface area (Å²) in [6, 6.07) is 2.06. The predicted octanol–water partition coefficient (Wildman–Crippen LogP) is 2.91. The smallest absolute Gasteiger partial charge is 0.131 e. The summed E-state index contributed by atoms with van der Waals surface area (Å²) in [5, 5.41) is 3.42. The Balaban J connectivity index is 0.00000128. The third-order valence-corrected chi connectivity index (χ3v) is 2.93. The molecule has 1 aromatic rings. The van der Waals surface area contributed by atoms with E-state index in [1.807, 2.05) is 6.20 Å². The van der Waals surface area contributed by atoms with Gasteiger partial charge in [-0.15, -0.1) is 24.8 Å². The van der Waals surface area contributed by atoms with Gasteiger partial charge in [0.2, 0.25) is 0 Å². The monoisotopic (exact) mass is 277 g/mol. The molecule has 0 spiro atoms. The van der Waals surface area contributed by atoms with Crippen LogP contribution >= 0.6 is 24.8 Å². The SMILES string of the molecule is CC(C)c1nccc(C2CCCNC2)n1.Cl.Cl. The highest BCUT2D eigenvalue weighted by Crippen LogP contribution is 2.22. The van der Waals surface area contributed by atoms with E-state index in [1.54, 1.807) is 0 Å². The van der Waals surface area contributed by atoms with E-state index < -0.39 is 0 Å². The van der Waals surface area contributed by atoms with Crippen LogP contribution < -0.4 is 5.32 Å². The number of hydrogen-bond acceptors (Lipinski definition) is 3. The Hall–Kier alpha value is -0.380. The highest BCUT2D eigenvalue weighted by Gasteiger charge is 2.17. The first-order valence-electron chi connectivity index (χ1n) is 5.81. The number of nitrogens with one attached hydrogen (secondary N) is 1. The zero-order valence-corrected chi connectivity index (χ0v) is 12.0. The number of rotatable bonds is 2. The summed E-state index contributed by atoms with van der Waals surface area (Å²) in [4.78, 5) is 8.95. The number of aromatic nitrogens is 2. The molecule has 17 heavy (non-hydrogen) atoms. The van der Waals surface area contributed by atoms with Crippen molar-refractivity contribution in [1.29, 1.82) is 0 Å². The zero-order valence-electron chi connectivity index (χ0n) is 10.3. The number of halogens is 2. The van der Waals surface area contributed by atoms with E-state index in [-0.39, 0.29) is 24.8 Å². The normalized spacial score (nSPS) is 19.4. The van der Waals surface area contributed by atoms with Gasteiger partial charge in [-0.2, -0.15) is 0 Å². The molecule has 1 fully saturated rings. The van der Waals surface area contributed by atoms with Crippen molar-refractivity contribution < 1.29 is 0 Å². The van der Waals surface area contributed by atoms with Crippen molar-refractivity contribution in [2.45, 2.75) is 38.5 Å². The molecule has 2 heterocycles. The van der Waals surface area contributed by atoms with Gasteiger partial charge in [0.1, 0.15) is 5.82 Å². The molecule has 0 bridgehead atoms. The summed E-state index contributed by atoms with van der Waals surface area (Å²) in [6.07, 6.45) is 4.40. The minimum absolute atomic E-state index is 0. The van der Waals surface area contributed by atoms with E-state index in [2.05, 4.69) is 35.2 Å². The van der Waals surface area contributed by atoms with Gasteiger partial charge >= 0.3 is 0 Å². The Bertz CT molecular complexity index is 325. The zero-order chi connectivity index (χ0) is 10.7. The fraction of sp³-hybridized carbons (Fsp3) is 0.667. The molecule has 2 rings (SSSR count). The second-order valence-corrected chi connectivity index (χ2v) is 4.54. The molecule has 1 atom stereocenters. The van der Waals surface area contributed by atoms with E-state index in [1.165, 1.54) is 18.5 Å². The Kier molecular flexibility index (Phi) is 7.68. The van der Waals surface area contributed by atoms with E-state index >= 15 is 0 Å². The van der Waals surface area contributed by atoms with Crippen LogP contribution in [-0.4, -0.2) is 23.1 Å². The molecule has 0 radical (unpaired) electrons. The average Bonchev–Trinajstić information content (AvgIpc) is 2.30. The molecule has 0 aliphatic carbocycles. The lowest BCUT2D eigenvalue weighted by Gasteiger charge is -2.22. The molecule has 0 aromatic carbocycles. The van der Waals surface area contributed by atoms with Gasteiger partial charge in [0.05, 0.1) is 0 Å². The predicted molar refractivity (Wildman–Crippen MR) is 75.5 cm³/mol. The Morgan fingerprint density at radius 2 is 2.12 bits per heavy atom. The van der Waals surface area contributed by atoms with Gasteiger partial charge in [0.15, 0.2) is 0 Å². The Morgan fingerprint density at radius 3 is 2.71 bits per heavy atom. The van der Waals surface area contributed by atoms with E-state index in [0.29, 0.717) is 11.8 Å². The third-order valence-electron chi connectivity index (χ3n) is 2.93. The summed E-state index contributed by atoms with van der Waals surface area (Å²) >= 11 is 0. The summed E-state index contributed by atoms with van der Waals surface area (Å²) in [6.45, 7) is 6.49. The average molecular weight is 278 g/mol. The molecule has 0 saturated carbocycles. The van der Waals surface area contributed by atoms with Gasteiger partial charge in [-0.3, -0.25) is 0 Å². The van der Waals surface area contributed by atoms with Crippen LogP contribution in [0.5, 0.6) is 0 Å². The van der Waals surface area contributed by atoms with Crippen LogP contribution in [0.2, 0.25) is 0 Å². The van der Waals surface area contributed by atoms with Crippen molar-refractivity contribution in [2.75, 3.05) is 13.1 Å². The molecule has 98 valence electrons. The molecule has 1 aliphatic heterocycles. The van der Waals surface area contributed by atoms with Crippen LogP contribution in [0.4, 0.5) is 0 Å². The van der Waals surface area contributed by atoms with Gasteiger partial charge < -0.3 is 5.32 Å². The van der Waals surface area contributed by atoms with Crippen LogP contribution in [0.25, 0.3) is 0 Å². The van der Waals surface area contributed by atoms with Crippen LogP contribution in [-0.2, 0) is 0 Å². The van der Waals surface area contributed by atoms with Crippen molar-refractivity contribution in [1.82, 2.24) is 15.3 Å². The second kappa shape index (κ2) is 7.85. The largest absolute Gasteiger partial charge is 0.316 e. The first kappa shape index (κ1) is 16.6. The summed E-state index contributed by atoms with van der Waals surface area (Å²) in [5.74, 6) is 1.97. The highest BCUT2D eigenvalue weighted by atomic mass is 35.5. The molecule has 0 amide bonds. The molecule has 1 aromatic heterocycles. The third kappa shape index (κ3) is 4.41. The number of hydrogen-bond donors (Lipinski definition) is 1. The molecule has 5 heteroatoms. The maximum Gasteiger partial charge on any atom is 0.131 e. The standard InChI is InChI=1S/C12H19N3.2ClH/c1-9(2)12-14-7-5-11(15-12)10-4-3-6-13-8-10;;/h5,7,9-10,13H,3-4,6,8H2,1-2H3;2*1H. The van der Waals surface area contributed by atoms with Gasteiger partial charge in [-0.05, 0) is 25.5 Å². The molecule has 1 N–H and O–H groups in total. The highest BCUT2D eigenvalue weighted by molar-refractivity contribution is 5.85. The lowest BCUT2D eigenvalue weighted by atomic mass is 9.96. The topological polar surface area (TPSA) is 37.8 Å². The quantitative estimate of drug-likeness (QED) is 0.904. The van der Waals surface area contributed by atoms with E-state index in [9.17, 15) is 0 Å². The van der Waals surface area contributed by atoms with Crippen molar-refractivity contribution in [3.63, 3.8) is 0 Å². The maximum atomic E-state index is 4.64. The molecule has 3 nitrogen and oxygen atoms in total. The maximum absolute atomic E-state index is 4.64. The molecular formula is C12H21Cl2N3. The number of piperidine rings is 1. The first-order chi connectivity index (χ1) is 7.27. The molecule has 1 unspecified atom stereocenters. The van der Waals surface area contributed by atoms with Crippen molar-refractivity contribution in [3.8, 4) is 0 Å². The second-order valence-electron chi connectivity index (χ2n) is 4.54. The van der Waals surface area contributed by atoms with Crippen LogP contribution in [0.3, 0.4) is 0 Å². The summed E-state index contributed by atoms with van der Waals surface area (Å²) < 4.78 is 0.